The predicted molar refractivity (Wildman–Crippen MR) is 47.6 cm³/mol. The summed E-state index contributed by atoms with van der Waals surface area (Å²) in [5.74, 6) is -1.02. The van der Waals surface area contributed by atoms with Gasteiger partial charge in [0.15, 0.2) is 0 Å². The number of carboxylic acids is 1. The molecule has 0 aliphatic carbocycles. The van der Waals surface area contributed by atoms with Crippen LogP contribution in [-0.4, -0.2) is 15.3 Å². The average molecular weight is 198 g/mol. The molecule has 0 aliphatic heterocycles. The summed E-state index contributed by atoms with van der Waals surface area (Å²) in [6, 6.07) is 6.03. The Morgan fingerprint density at radius 2 is 2.31 bits per heavy atom. The average Bonchev–Trinajstić information content (AvgIpc) is 2.15. The van der Waals surface area contributed by atoms with Gasteiger partial charge in [0, 0.05) is 0 Å². The van der Waals surface area contributed by atoms with Crippen molar-refractivity contribution in [3.05, 3.63) is 29.8 Å². The fraction of sp³-hybridized carbons (Fsp3) is 0. The van der Waals surface area contributed by atoms with Crippen molar-refractivity contribution in [1.82, 2.24) is 0 Å². The molecule has 0 amide bonds. The third-order valence-electron chi connectivity index (χ3n) is 1.32. The minimum absolute atomic E-state index is 0.0272. The Kier molecular flexibility index (Phi) is 3.15. The van der Waals surface area contributed by atoms with E-state index in [2.05, 4.69) is 9.90 Å². The Hall–Kier alpha value is -1.69. The zero-order chi connectivity index (χ0) is 9.68. The van der Waals surface area contributed by atoms with Gasteiger partial charge in [0.25, 0.3) is 0 Å². The van der Waals surface area contributed by atoms with Gasteiger partial charge in [0.2, 0.25) is 11.5 Å². The fourth-order valence-corrected chi connectivity index (χ4v) is 0.936. The van der Waals surface area contributed by atoms with Crippen LogP contribution in [0.25, 0.3) is 0 Å². The number of rotatable bonds is 3. The lowest BCUT2D eigenvalue weighted by molar-refractivity contribution is 0.0697. The van der Waals surface area contributed by atoms with E-state index in [0.717, 1.165) is 0 Å². The van der Waals surface area contributed by atoms with Crippen LogP contribution >= 0.6 is 0 Å². The van der Waals surface area contributed by atoms with Crippen molar-refractivity contribution in [1.29, 1.82) is 0 Å². The normalized spacial score (nSPS) is 8.92. The number of aromatic carboxylic acids is 1. The molecule has 1 aromatic carbocycles. The molecular formula is C7H6N2O3S. The van der Waals surface area contributed by atoms with Gasteiger partial charge in [-0.3, -0.25) is 5.43 Å². The predicted octanol–water partition coefficient (Wildman–Crippen LogP) is 1.11. The SMILES string of the molecule is O=S=NNc1cccc(C(=O)O)c1. The molecule has 0 bridgehead atoms. The highest BCUT2D eigenvalue weighted by Crippen LogP contribution is 2.09. The van der Waals surface area contributed by atoms with Crippen molar-refractivity contribution in [2.24, 2.45) is 4.47 Å². The summed E-state index contributed by atoms with van der Waals surface area (Å²) >= 11 is 0.0272. The molecule has 0 aromatic heterocycles. The number of hydrogen-bond donors (Lipinski definition) is 2. The second kappa shape index (κ2) is 4.36. The number of carboxylic acid groups (broad SMARTS) is 1. The van der Waals surface area contributed by atoms with E-state index in [9.17, 15) is 9.00 Å². The Balaban J connectivity index is 2.91. The van der Waals surface area contributed by atoms with Crippen LogP contribution in [0, 0.1) is 0 Å². The molecule has 1 rings (SSSR count). The molecule has 13 heavy (non-hydrogen) atoms. The number of anilines is 1. The van der Waals surface area contributed by atoms with Crippen molar-refractivity contribution in [2.75, 3.05) is 5.43 Å². The largest absolute Gasteiger partial charge is 0.478 e. The van der Waals surface area contributed by atoms with Crippen LogP contribution in [-0.2, 0) is 11.5 Å². The van der Waals surface area contributed by atoms with Crippen LogP contribution in [0.5, 0.6) is 0 Å². The topological polar surface area (TPSA) is 78.8 Å². The van der Waals surface area contributed by atoms with Crippen LogP contribution in [0.2, 0.25) is 0 Å². The summed E-state index contributed by atoms with van der Waals surface area (Å²) in [6.45, 7) is 0. The van der Waals surface area contributed by atoms with Crippen LogP contribution in [0.15, 0.2) is 28.7 Å². The Labute approximate surface area is 77.6 Å². The van der Waals surface area contributed by atoms with E-state index in [-0.39, 0.29) is 17.0 Å². The van der Waals surface area contributed by atoms with Gasteiger partial charge in [0.1, 0.15) is 0 Å². The number of carbonyl (C=O) groups is 1. The minimum atomic E-state index is -1.02. The summed E-state index contributed by atoms with van der Waals surface area (Å²) in [7, 11) is 0. The first-order chi connectivity index (χ1) is 6.24. The maximum absolute atomic E-state index is 10.5. The van der Waals surface area contributed by atoms with Crippen LogP contribution in [0.3, 0.4) is 0 Å². The molecule has 0 atom stereocenters. The molecule has 0 fully saturated rings. The molecule has 0 unspecified atom stereocenters. The third-order valence-corrected chi connectivity index (χ3v) is 1.49. The first-order valence-corrected chi connectivity index (χ1v) is 4.02. The van der Waals surface area contributed by atoms with Crippen molar-refractivity contribution < 1.29 is 14.1 Å². The molecular weight excluding hydrogens is 192 g/mol. The maximum Gasteiger partial charge on any atom is 0.335 e. The second-order valence-electron chi connectivity index (χ2n) is 2.16. The minimum Gasteiger partial charge on any atom is -0.478 e. The number of benzene rings is 1. The van der Waals surface area contributed by atoms with Crippen molar-refractivity contribution in [3.63, 3.8) is 0 Å². The van der Waals surface area contributed by atoms with Gasteiger partial charge in [0.05, 0.1) is 11.3 Å². The second-order valence-corrected chi connectivity index (χ2v) is 2.50. The van der Waals surface area contributed by atoms with E-state index >= 15 is 0 Å². The molecule has 0 radical (unpaired) electrons. The summed E-state index contributed by atoms with van der Waals surface area (Å²) in [5.41, 5.74) is 3.03. The van der Waals surface area contributed by atoms with Gasteiger partial charge in [-0.2, -0.15) is 4.21 Å². The van der Waals surface area contributed by atoms with E-state index in [0.29, 0.717) is 5.69 Å². The number of hydrogen-bond acceptors (Lipinski definition) is 3. The van der Waals surface area contributed by atoms with Crippen molar-refractivity contribution in [3.8, 4) is 0 Å². The first kappa shape index (κ1) is 9.40. The highest BCUT2D eigenvalue weighted by atomic mass is 32.1. The van der Waals surface area contributed by atoms with Crippen molar-refractivity contribution in [2.45, 2.75) is 0 Å². The Morgan fingerprint density at radius 3 is 2.92 bits per heavy atom. The lowest BCUT2D eigenvalue weighted by atomic mass is 10.2. The number of nitrogens with one attached hydrogen (secondary N) is 1. The molecule has 1 aromatic rings. The van der Waals surface area contributed by atoms with Gasteiger partial charge >= 0.3 is 5.97 Å². The van der Waals surface area contributed by atoms with E-state index in [1.165, 1.54) is 12.1 Å². The highest BCUT2D eigenvalue weighted by molar-refractivity contribution is 7.54. The Morgan fingerprint density at radius 1 is 1.54 bits per heavy atom. The van der Waals surface area contributed by atoms with Crippen LogP contribution in [0.4, 0.5) is 5.69 Å². The van der Waals surface area contributed by atoms with Gasteiger partial charge in [-0.15, -0.1) is 0 Å². The molecule has 5 nitrogen and oxygen atoms in total. The van der Waals surface area contributed by atoms with Crippen molar-refractivity contribution >= 4 is 23.1 Å². The molecule has 68 valence electrons. The van der Waals surface area contributed by atoms with Gasteiger partial charge < -0.3 is 5.11 Å². The third kappa shape index (κ3) is 2.68. The summed E-state index contributed by atoms with van der Waals surface area (Å²) in [6.07, 6.45) is 0. The standard InChI is InChI=1S/C7H6N2O3S/c10-7(11)5-2-1-3-6(4-5)8-9-13-12/h1-4,8H,(H,10,11). The highest BCUT2D eigenvalue weighted by Gasteiger charge is 2.01. The summed E-state index contributed by atoms with van der Waals surface area (Å²) < 4.78 is 13.2. The van der Waals surface area contributed by atoms with Gasteiger partial charge in [-0.05, 0) is 18.2 Å². The van der Waals surface area contributed by atoms with Gasteiger partial charge in [-0.25, -0.2) is 4.79 Å². The molecule has 0 spiro atoms. The fourth-order valence-electron chi connectivity index (χ4n) is 0.793. The summed E-state index contributed by atoms with van der Waals surface area (Å²) in [4.78, 5) is 10.5. The summed E-state index contributed by atoms with van der Waals surface area (Å²) in [5, 5.41) is 8.61. The molecule has 0 heterocycles. The quantitative estimate of drug-likeness (QED) is 0.713. The zero-order valence-corrected chi connectivity index (χ0v) is 7.25. The smallest absolute Gasteiger partial charge is 0.335 e. The van der Waals surface area contributed by atoms with E-state index in [4.69, 9.17) is 5.11 Å². The van der Waals surface area contributed by atoms with Gasteiger partial charge in [-0.1, -0.05) is 10.5 Å². The lowest BCUT2D eigenvalue weighted by Gasteiger charge is -1.98. The molecule has 0 saturated carbocycles. The number of nitrogens with zero attached hydrogens (tertiary/aromatic N) is 1. The lowest BCUT2D eigenvalue weighted by Crippen LogP contribution is -1.96. The van der Waals surface area contributed by atoms with E-state index in [1.54, 1.807) is 12.1 Å². The first-order valence-electron chi connectivity index (χ1n) is 3.32. The van der Waals surface area contributed by atoms with E-state index < -0.39 is 5.97 Å². The Bertz CT molecular complexity index is 374. The van der Waals surface area contributed by atoms with E-state index in [1.807, 2.05) is 0 Å². The molecule has 6 heteroatoms. The monoisotopic (exact) mass is 198 g/mol. The molecule has 0 saturated heterocycles. The molecule has 0 aliphatic rings. The maximum atomic E-state index is 10.5. The zero-order valence-electron chi connectivity index (χ0n) is 6.43. The van der Waals surface area contributed by atoms with Crippen LogP contribution < -0.4 is 5.43 Å². The van der Waals surface area contributed by atoms with Crippen LogP contribution in [0.1, 0.15) is 10.4 Å². The molecule has 2 N–H and O–H groups in total.